The second kappa shape index (κ2) is 9.48. The maximum Gasteiger partial charge on any atom is 0.338 e. The van der Waals surface area contributed by atoms with E-state index in [1.807, 2.05) is 30.3 Å². The number of benzene rings is 3. The first-order chi connectivity index (χ1) is 16.0. The number of nitrogens with zero attached hydrogens (tertiary/aromatic N) is 1. The Bertz CT molecular complexity index is 1230. The summed E-state index contributed by atoms with van der Waals surface area (Å²) in [4.78, 5) is 50.7. The minimum Gasteiger partial charge on any atom is -0.489 e. The molecular weight excluding hydrogens is 422 g/mol. The summed E-state index contributed by atoms with van der Waals surface area (Å²) in [6.07, 6.45) is 0. The fraction of sp³-hybridized carbons (Fsp3) is 0.154. The van der Waals surface area contributed by atoms with Crippen LogP contribution in [0.3, 0.4) is 0 Å². The third-order valence-electron chi connectivity index (χ3n) is 5.23. The molecule has 0 atom stereocenters. The lowest BCUT2D eigenvalue weighted by Gasteiger charge is -2.13. The molecule has 0 saturated heterocycles. The summed E-state index contributed by atoms with van der Waals surface area (Å²) in [5.74, 6) is -1.18. The van der Waals surface area contributed by atoms with Crippen molar-refractivity contribution in [2.75, 3.05) is 13.2 Å². The Labute approximate surface area is 190 Å². The van der Waals surface area contributed by atoms with Crippen LogP contribution in [0, 0.1) is 0 Å². The molecule has 3 aromatic rings. The van der Waals surface area contributed by atoms with Crippen molar-refractivity contribution in [3.8, 4) is 5.75 Å². The molecule has 0 fully saturated rings. The lowest BCUT2D eigenvalue weighted by atomic mass is 10.1. The number of ketones is 1. The van der Waals surface area contributed by atoms with Gasteiger partial charge in [-0.2, -0.15) is 0 Å². The molecule has 0 saturated carbocycles. The highest BCUT2D eigenvalue weighted by molar-refractivity contribution is 6.21. The van der Waals surface area contributed by atoms with Crippen LogP contribution < -0.4 is 4.74 Å². The Morgan fingerprint density at radius 2 is 1.52 bits per heavy atom. The fourth-order valence-corrected chi connectivity index (χ4v) is 3.58. The number of amides is 2. The lowest BCUT2D eigenvalue weighted by molar-refractivity contribution is 0.0449. The predicted molar refractivity (Wildman–Crippen MR) is 119 cm³/mol. The standard InChI is InChI=1S/C26H21NO6/c1-17(28)20-9-5-6-10-23(20)32-13-14-33-26(31)19-11-12-21-22(15-19)25(30)27(24(21)29)16-18-7-3-2-4-8-18/h2-12,15H,13-14,16H2,1H3. The molecule has 0 spiro atoms. The molecule has 166 valence electrons. The number of carbonyl (C=O) groups is 4. The molecule has 4 rings (SSSR count). The van der Waals surface area contributed by atoms with E-state index in [1.165, 1.54) is 25.1 Å². The van der Waals surface area contributed by atoms with Crippen LogP contribution in [0.4, 0.5) is 0 Å². The van der Waals surface area contributed by atoms with E-state index < -0.39 is 17.8 Å². The molecule has 33 heavy (non-hydrogen) atoms. The van der Waals surface area contributed by atoms with Gasteiger partial charge in [0.05, 0.1) is 28.8 Å². The van der Waals surface area contributed by atoms with Gasteiger partial charge in [0.2, 0.25) is 0 Å². The van der Waals surface area contributed by atoms with Crippen molar-refractivity contribution in [1.29, 1.82) is 0 Å². The van der Waals surface area contributed by atoms with Crippen molar-refractivity contribution in [3.63, 3.8) is 0 Å². The number of Topliss-reactive ketones (excluding diaryl/α,β-unsaturated/α-hetero) is 1. The van der Waals surface area contributed by atoms with Crippen molar-refractivity contribution < 1.29 is 28.7 Å². The van der Waals surface area contributed by atoms with E-state index in [0.29, 0.717) is 11.3 Å². The third-order valence-corrected chi connectivity index (χ3v) is 5.23. The van der Waals surface area contributed by atoms with E-state index in [9.17, 15) is 19.2 Å². The lowest BCUT2D eigenvalue weighted by Crippen LogP contribution is -2.29. The number of rotatable bonds is 8. The van der Waals surface area contributed by atoms with Crippen molar-refractivity contribution >= 4 is 23.6 Å². The van der Waals surface area contributed by atoms with Gasteiger partial charge in [0, 0.05) is 0 Å². The Hall–Kier alpha value is -4.26. The van der Waals surface area contributed by atoms with Gasteiger partial charge >= 0.3 is 5.97 Å². The van der Waals surface area contributed by atoms with E-state index in [0.717, 1.165) is 10.5 Å². The first-order valence-electron chi connectivity index (χ1n) is 10.4. The van der Waals surface area contributed by atoms with Crippen LogP contribution in [0.1, 0.15) is 53.9 Å². The quantitative estimate of drug-likeness (QED) is 0.227. The summed E-state index contributed by atoms with van der Waals surface area (Å²) in [5.41, 5.74) is 1.89. The van der Waals surface area contributed by atoms with Crippen LogP contribution >= 0.6 is 0 Å². The van der Waals surface area contributed by atoms with Gasteiger partial charge in [-0.05, 0) is 42.8 Å². The first kappa shape index (κ1) is 22.0. The van der Waals surface area contributed by atoms with E-state index in [-0.39, 0.29) is 42.2 Å². The number of para-hydroxylation sites is 1. The zero-order valence-electron chi connectivity index (χ0n) is 17.9. The van der Waals surface area contributed by atoms with Crippen LogP contribution in [0.2, 0.25) is 0 Å². The maximum absolute atomic E-state index is 12.8. The van der Waals surface area contributed by atoms with Crippen molar-refractivity contribution in [2.24, 2.45) is 0 Å². The van der Waals surface area contributed by atoms with Gasteiger partial charge < -0.3 is 9.47 Å². The highest BCUT2D eigenvalue weighted by Gasteiger charge is 2.36. The highest BCUT2D eigenvalue weighted by Crippen LogP contribution is 2.26. The highest BCUT2D eigenvalue weighted by atomic mass is 16.6. The molecule has 1 heterocycles. The first-order valence-corrected chi connectivity index (χ1v) is 10.4. The fourth-order valence-electron chi connectivity index (χ4n) is 3.58. The normalized spacial score (nSPS) is 12.5. The van der Waals surface area contributed by atoms with Gasteiger partial charge in [0.15, 0.2) is 5.78 Å². The zero-order valence-corrected chi connectivity index (χ0v) is 17.9. The molecule has 0 unspecified atom stereocenters. The Morgan fingerprint density at radius 1 is 0.818 bits per heavy atom. The SMILES string of the molecule is CC(=O)c1ccccc1OCCOC(=O)c1ccc2c(c1)C(=O)N(Cc1ccccc1)C2=O. The van der Waals surface area contributed by atoms with Crippen LogP contribution in [0.25, 0.3) is 0 Å². The largest absolute Gasteiger partial charge is 0.489 e. The molecule has 7 nitrogen and oxygen atoms in total. The van der Waals surface area contributed by atoms with E-state index in [1.54, 1.807) is 24.3 Å². The van der Waals surface area contributed by atoms with Crippen molar-refractivity contribution in [3.05, 3.63) is 101 Å². The molecule has 3 aromatic carbocycles. The van der Waals surface area contributed by atoms with Crippen LogP contribution in [0.15, 0.2) is 72.8 Å². The van der Waals surface area contributed by atoms with Crippen LogP contribution in [-0.2, 0) is 11.3 Å². The molecule has 0 N–H and O–H groups in total. The van der Waals surface area contributed by atoms with Crippen LogP contribution in [-0.4, -0.2) is 41.7 Å². The monoisotopic (exact) mass is 443 g/mol. The number of fused-ring (bicyclic) bond motifs is 1. The smallest absolute Gasteiger partial charge is 0.338 e. The number of carbonyl (C=O) groups excluding carboxylic acids is 4. The summed E-state index contributed by atoms with van der Waals surface area (Å²) in [6, 6.07) is 20.3. The van der Waals surface area contributed by atoms with Crippen LogP contribution in [0.5, 0.6) is 5.75 Å². The molecule has 7 heteroatoms. The second-order valence-corrected chi connectivity index (χ2v) is 7.48. The zero-order chi connectivity index (χ0) is 23.4. The number of imide groups is 1. The number of hydrogen-bond acceptors (Lipinski definition) is 6. The van der Waals surface area contributed by atoms with E-state index in [2.05, 4.69) is 0 Å². The van der Waals surface area contributed by atoms with Gasteiger partial charge in [-0.25, -0.2) is 4.79 Å². The Morgan fingerprint density at radius 3 is 2.27 bits per heavy atom. The van der Waals surface area contributed by atoms with Gasteiger partial charge in [0.25, 0.3) is 11.8 Å². The van der Waals surface area contributed by atoms with Gasteiger partial charge in [-0.1, -0.05) is 42.5 Å². The molecule has 1 aliphatic rings. The Kier molecular flexibility index (Phi) is 6.31. The van der Waals surface area contributed by atoms with Gasteiger partial charge in [-0.3, -0.25) is 19.3 Å². The summed E-state index contributed by atoms with van der Waals surface area (Å²) < 4.78 is 10.8. The number of hydrogen-bond donors (Lipinski definition) is 0. The molecular formula is C26H21NO6. The molecule has 0 bridgehead atoms. The molecule has 0 aliphatic carbocycles. The second-order valence-electron chi connectivity index (χ2n) is 7.48. The minimum atomic E-state index is -0.636. The Balaban J connectivity index is 1.38. The summed E-state index contributed by atoms with van der Waals surface area (Å²) in [7, 11) is 0. The molecule has 0 aromatic heterocycles. The van der Waals surface area contributed by atoms with Gasteiger partial charge in [0.1, 0.15) is 19.0 Å². The molecule has 0 radical (unpaired) electrons. The summed E-state index contributed by atoms with van der Waals surface area (Å²) in [6.45, 7) is 1.62. The van der Waals surface area contributed by atoms with Crippen molar-refractivity contribution in [1.82, 2.24) is 4.90 Å². The summed E-state index contributed by atoms with van der Waals surface area (Å²) >= 11 is 0. The van der Waals surface area contributed by atoms with E-state index in [4.69, 9.17) is 9.47 Å². The van der Waals surface area contributed by atoms with E-state index >= 15 is 0 Å². The maximum atomic E-state index is 12.8. The number of ether oxygens (including phenoxy) is 2. The molecule has 2 amide bonds. The third kappa shape index (κ3) is 4.67. The predicted octanol–water partition coefficient (Wildman–Crippen LogP) is 3.92. The average molecular weight is 443 g/mol. The molecule has 1 aliphatic heterocycles. The van der Waals surface area contributed by atoms with Crippen molar-refractivity contribution in [2.45, 2.75) is 13.5 Å². The average Bonchev–Trinajstić information content (AvgIpc) is 3.06. The number of esters is 1. The van der Waals surface area contributed by atoms with Gasteiger partial charge in [-0.15, -0.1) is 0 Å². The minimum absolute atomic E-state index is 0.0465. The topological polar surface area (TPSA) is 90.0 Å². The summed E-state index contributed by atoms with van der Waals surface area (Å²) in [5, 5.41) is 0.